The normalized spacial score (nSPS) is 6.22. The summed E-state index contributed by atoms with van der Waals surface area (Å²) < 4.78 is 0. The van der Waals surface area contributed by atoms with Gasteiger partial charge in [0.05, 0.1) is 13.3 Å². The Bertz CT molecular complexity index is 210. The molecule has 0 spiro atoms. The van der Waals surface area contributed by atoms with Gasteiger partial charge in [0.15, 0.2) is 0 Å². The number of primary amides is 1. The maximum Gasteiger partial charge on any atom is 0.216 e. The van der Waals surface area contributed by atoms with Crippen LogP contribution in [0, 0.1) is 6.92 Å². The fourth-order valence-electron chi connectivity index (χ4n) is 0.619. The second-order valence-corrected chi connectivity index (χ2v) is 2.13. The van der Waals surface area contributed by atoms with Gasteiger partial charge in [0.25, 0.3) is 0 Å². The molecule has 0 saturated carbocycles. The highest BCUT2D eigenvalue weighted by Crippen LogP contribution is 2.02. The number of amides is 1. The van der Waals surface area contributed by atoms with Crippen molar-refractivity contribution in [3.8, 4) is 0 Å². The number of aldehydes is 1. The van der Waals surface area contributed by atoms with Crippen LogP contribution in [0.5, 0.6) is 0 Å². The van der Waals surface area contributed by atoms with E-state index in [1.54, 1.807) is 0 Å². The van der Waals surface area contributed by atoms with E-state index >= 15 is 0 Å². The van der Waals surface area contributed by atoms with Crippen LogP contribution in [0.3, 0.4) is 0 Å². The molecule has 27 heavy (non-hydrogen) atoms. The molecule has 0 heterocycles. The molecule has 1 atom stereocenters. The van der Waals surface area contributed by atoms with Crippen LogP contribution in [-0.2, 0) is 9.59 Å². The van der Waals surface area contributed by atoms with Gasteiger partial charge in [-0.1, -0.05) is 6.04 Å². The van der Waals surface area contributed by atoms with Gasteiger partial charge in [-0.2, -0.15) is 0 Å². The summed E-state index contributed by atoms with van der Waals surface area (Å²) in [6, 6.07) is -0.575. The molecule has 2 N–H and O–H groups in total. The summed E-state index contributed by atoms with van der Waals surface area (Å²) in [5, 5.41) is 3.87. The van der Waals surface area contributed by atoms with Crippen LogP contribution in [0.15, 0.2) is 105 Å². The number of nitrogens with two attached hydrogens (primary N) is 1. The summed E-state index contributed by atoms with van der Waals surface area (Å²) in [6.45, 7) is 52.0. The van der Waals surface area contributed by atoms with Crippen molar-refractivity contribution in [1.82, 2.24) is 0 Å². The summed E-state index contributed by atoms with van der Waals surface area (Å²) in [4.78, 5) is 20.5. The summed E-state index contributed by atoms with van der Waals surface area (Å²) in [7, 11) is 0. The van der Waals surface area contributed by atoms with Gasteiger partial charge in [-0.15, -0.1) is 112 Å². The van der Waals surface area contributed by atoms with Crippen LogP contribution in [-0.4, -0.2) is 24.8 Å². The molecule has 0 aliphatic rings. The van der Waals surface area contributed by atoms with Crippen LogP contribution in [0.4, 0.5) is 0 Å². The summed E-state index contributed by atoms with van der Waals surface area (Å²) in [5.41, 5.74) is 4.87. The second-order valence-electron chi connectivity index (χ2n) is 2.13. The largest absolute Gasteiger partial charge is 0.650 e. The molecule has 0 rings (SSSR count). The number of carbonyl (C=O) groups is 2. The van der Waals surface area contributed by atoms with E-state index in [9.17, 15) is 9.59 Å². The van der Waals surface area contributed by atoms with Gasteiger partial charge in [0.2, 0.25) is 5.91 Å². The van der Waals surface area contributed by atoms with Crippen LogP contribution in [0.1, 0.15) is 12.8 Å². The van der Waals surface area contributed by atoms with Gasteiger partial charge >= 0.3 is 0 Å². The molecule has 0 aromatic carbocycles. The first kappa shape index (κ1) is 56.5. The van der Waals surface area contributed by atoms with Gasteiger partial charge in [-0.05, 0) is 0 Å². The van der Waals surface area contributed by atoms with Crippen LogP contribution in [0.25, 0.3) is 5.32 Å². The van der Waals surface area contributed by atoms with Gasteiger partial charge in [-0.25, -0.2) is 0 Å². The minimum atomic E-state index is -0.575. The molecule has 0 radical (unpaired) electrons. The number of hydrogen-bond donors (Lipinski definition) is 1. The van der Waals surface area contributed by atoms with Gasteiger partial charge in [0.1, 0.15) is 6.29 Å². The van der Waals surface area contributed by atoms with Crippen LogP contribution >= 0.6 is 0 Å². The number of rotatable bonds is 6. The molecule has 0 aliphatic heterocycles. The first-order valence-electron chi connectivity index (χ1n) is 7.40. The molecule has 0 aromatic heterocycles. The highest BCUT2D eigenvalue weighted by atomic mass is 16.1. The lowest BCUT2D eigenvalue weighted by Gasteiger charge is -2.22. The van der Waals surface area contributed by atoms with E-state index in [1.165, 1.54) is 0 Å². The van der Waals surface area contributed by atoms with E-state index in [-0.39, 0.29) is 6.42 Å². The molecule has 4 nitrogen and oxygen atoms in total. The monoisotopic (exact) mass is 380 g/mol. The lowest BCUT2D eigenvalue weighted by molar-refractivity contribution is -0.120. The van der Waals surface area contributed by atoms with Gasteiger partial charge in [-0.3, -0.25) is 4.79 Å². The van der Waals surface area contributed by atoms with E-state index in [4.69, 9.17) is 5.73 Å². The Kier molecular flexibility index (Phi) is 368. The van der Waals surface area contributed by atoms with Crippen molar-refractivity contribution in [2.45, 2.75) is 18.9 Å². The fourth-order valence-corrected chi connectivity index (χ4v) is 0.619. The molecular weight excluding hydrogens is 336 g/mol. The zero-order valence-electron chi connectivity index (χ0n) is 17.6. The summed E-state index contributed by atoms with van der Waals surface area (Å²) >= 11 is 0. The summed E-state index contributed by atoms with van der Waals surface area (Å²) in [6.07, 6.45) is 1.26. The zero-order valence-corrected chi connectivity index (χ0v) is 17.6. The fraction of sp³-hybridized carbons (Fsp3) is 0.174. The molecule has 158 valence electrons. The lowest BCUT2D eigenvalue weighted by Crippen LogP contribution is -2.21. The van der Waals surface area contributed by atoms with Crippen molar-refractivity contribution in [3.05, 3.63) is 118 Å². The minimum absolute atomic E-state index is 0.00347. The second kappa shape index (κ2) is 176. The molecule has 0 fully saturated rings. The minimum Gasteiger partial charge on any atom is -0.650 e. The Morgan fingerprint density at radius 1 is 0.778 bits per heavy atom. The number of nitrogens with zero attached hydrogens (tertiary/aromatic N) is 1. The first-order valence-corrected chi connectivity index (χ1v) is 7.40. The molecule has 0 aromatic rings. The smallest absolute Gasteiger partial charge is 0.216 e. The van der Waals surface area contributed by atoms with E-state index in [0.29, 0.717) is 19.3 Å². The standard InChI is InChI=1S/C7H12N2O2.8C2H4/c1-2-3-9-6(5-10)4-7(8)11;8*1-2/h5-6H,1-4H2,(H2,8,11);8*1-2H2/t6-;;;;;;;;/m1......../s1. The third kappa shape index (κ3) is 210. The third-order valence-electron chi connectivity index (χ3n) is 1.09. The van der Waals surface area contributed by atoms with E-state index in [1.807, 2.05) is 0 Å². The maximum atomic E-state index is 10.3. The van der Waals surface area contributed by atoms with Gasteiger partial charge in [0, 0.05) is 6.42 Å². The SMILES string of the molecule is C=C.C=C.C=C.C=C.C=C.C=C.C=C.C=C.[CH2+]CC[N-][C@@H](C=O)CC(N)=O. The molecule has 0 saturated heterocycles. The molecular formula is C23H44N2O2. The Hall–Kier alpha value is -3.11. The average molecular weight is 381 g/mol. The van der Waals surface area contributed by atoms with Crippen molar-refractivity contribution in [2.24, 2.45) is 5.73 Å². The molecule has 0 bridgehead atoms. The zero-order chi connectivity index (χ0) is 24.7. The number of hydrogen-bond acceptors (Lipinski definition) is 2. The Morgan fingerprint density at radius 2 is 1.04 bits per heavy atom. The van der Waals surface area contributed by atoms with Crippen LogP contribution in [0.2, 0.25) is 0 Å². The Balaban J connectivity index is -0.0000000243. The molecule has 0 aliphatic carbocycles. The predicted octanol–water partition coefficient (Wildman–Crippen LogP) is 6.44. The van der Waals surface area contributed by atoms with Gasteiger partial charge < -0.3 is 15.8 Å². The first-order chi connectivity index (χ1) is 13.2. The van der Waals surface area contributed by atoms with Crippen molar-refractivity contribution in [3.63, 3.8) is 0 Å². The quantitative estimate of drug-likeness (QED) is 0.327. The third-order valence-corrected chi connectivity index (χ3v) is 1.09. The average Bonchev–Trinajstić information content (AvgIpc) is 2.82. The Morgan fingerprint density at radius 3 is 1.19 bits per heavy atom. The molecule has 0 unspecified atom stereocenters. The van der Waals surface area contributed by atoms with Crippen molar-refractivity contribution >= 4 is 12.2 Å². The van der Waals surface area contributed by atoms with E-state index in [0.717, 1.165) is 0 Å². The maximum absolute atomic E-state index is 10.3. The molecule has 1 amide bonds. The Labute approximate surface area is 171 Å². The summed E-state index contributed by atoms with van der Waals surface area (Å²) in [5.74, 6) is -0.505. The highest BCUT2D eigenvalue weighted by Gasteiger charge is 1.99. The van der Waals surface area contributed by atoms with Crippen molar-refractivity contribution in [2.75, 3.05) is 6.54 Å². The number of carbonyl (C=O) groups excluding carboxylic acids is 2. The van der Waals surface area contributed by atoms with E-state index in [2.05, 4.69) is 118 Å². The topological polar surface area (TPSA) is 74.3 Å². The lowest BCUT2D eigenvalue weighted by atomic mass is 10.2. The molecule has 4 heteroatoms. The predicted molar refractivity (Wildman–Crippen MR) is 132 cm³/mol. The van der Waals surface area contributed by atoms with E-state index < -0.39 is 11.9 Å². The van der Waals surface area contributed by atoms with Crippen LogP contribution < -0.4 is 5.73 Å². The van der Waals surface area contributed by atoms with Crippen molar-refractivity contribution < 1.29 is 9.59 Å². The van der Waals surface area contributed by atoms with Crippen molar-refractivity contribution in [1.29, 1.82) is 0 Å². The highest BCUT2D eigenvalue weighted by molar-refractivity contribution is 5.79.